The quantitative estimate of drug-likeness (QED) is 0.733. The normalized spacial score (nSPS) is 10.7. The Bertz CT molecular complexity index is 782. The molecule has 3 N–H and O–H groups in total. The molecule has 0 saturated carbocycles. The number of benzene rings is 2. The number of phenols is 1. The van der Waals surface area contributed by atoms with Crippen molar-refractivity contribution in [3.63, 3.8) is 0 Å². The molecule has 8 heteroatoms. The van der Waals surface area contributed by atoms with Crippen molar-refractivity contribution in [1.29, 1.82) is 5.26 Å². The van der Waals surface area contributed by atoms with E-state index >= 15 is 0 Å². The van der Waals surface area contributed by atoms with E-state index in [2.05, 4.69) is 10.6 Å². The summed E-state index contributed by atoms with van der Waals surface area (Å²) >= 11 is 0. The first-order valence-electron chi connectivity index (χ1n) is 6.28. The molecule has 0 radical (unpaired) electrons. The second kappa shape index (κ2) is 6.27. The largest absolute Gasteiger partial charge is 0.506 e. The zero-order valence-electron chi connectivity index (χ0n) is 11.5. The van der Waals surface area contributed by atoms with Crippen LogP contribution in [-0.4, -0.2) is 11.1 Å². The fraction of sp³-hybridized carbons (Fsp3) is 0.0667. The minimum Gasteiger partial charge on any atom is -0.506 e. The van der Waals surface area contributed by atoms with Gasteiger partial charge in [-0.05, 0) is 36.4 Å². The summed E-state index contributed by atoms with van der Waals surface area (Å²) in [7, 11) is 0. The van der Waals surface area contributed by atoms with Crippen LogP contribution in [-0.2, 0) is 6.18 Å². The van der Waals surface area contributed by atoms with Gasteiger partial charge in [0.05, 0.1) is 22.9 Å². The number of nitriles is 1. The summed E-state index contributed by atoms with van der Waals surface area (Å²) in [6.07, 6.45) is -4.51. The van der Waals surface area contributed by atoms with E-state index in [-0.39, 0.29) is 22.7 Å². The van der Waals surface area contributed by atoms with Gasteiger partial charge in [-0.25, -0.2) is 4.79 Å². The van der Waals surface area contributed by atoms with E-state index in [0.717, 1.165) is 24.3 Å². The average molecular weight is 321 g/mol. The number of hydrogen-bond donors (Lipinski definition) is 3. The third-order valence-electron chi connectivity index (χ3n) is 2.82. The average Bonchev–Trinajstić information content (AvgIpc) is 2.48. The number of nitrogens with one attached hydrogen (secondary N) is 2. The number of amides is 2. The maximum absolute atomic E-state index is 12.6. The fourth-order valence-electron chi connectivity index (χ4n) is 1.76. The summed E-state index contributed by atoms with van der Waals surface area (Å²) in [5.74, 6) is -0.330. The molecule has 0 bridgehead atoms. The van der Waals surface area contributed by atoms with E-state index in [9.17, 15) is 23.1 Å². The zero-order valence-corrected chi connectivity index (χ0v) is 11.5. The zero-order chi connectivity index (χ0) is 17.0. The number of halogens is 3. The molecule has 0 aliphatic rings. The van der Waals surface area contributed by atoms with Crippen molar-refractivity contribution >= 4 is 17.4 Å². The van der Waals surface area contributed by atoms with Crippen molar-refractivity contribution in [3.8, 4) is 11.8 Å². The van der Waals surface area contributed by atoms with E-state index in [1.807, 2.05) is 6.07 Å². The van der Waals surface area contributed by atoms with Gasteiger partial charge in [0.15, 0.2) is 0 Å². The third-order valence-corrected chi connectivity index (χ3v) is 2.82. The van der Waals surface area contributed by atoms with Crippen molar-refractivity contribution < 1.29 is 23.1 Å². The minimum absolute atomic E-state index is 0.0217. The predicted molar refractivity (Wildman–Crippen MR) is 76.9 cm³/mol. The monoisotopic (exact) mass is 321 g/mol. The van der Waals surface area contributed by atoms with Crippen molar-refractivity contribution in [2.45, 2.75) is 6.18 Å². The molecule has 5 nitrogen and oxygen atoms in total. The highest BCUT2D eigenvalue weighted by Gasteiger charge is 2.30. The van der Waals surface area contributed by atoms with Gasteiger partial charge in [0.25, 0.3) is 0 Å². The fourth-order valence-corrected chi connectivity index (χ4v) is 1.76. The first-order chi connectivity index (χ1) is 10.8. The maximum atomic E-state index is 12.6. The third kappa shape index (κ3) is 4.14. The molecule has 23 heavy (non-hydrogen) atoms. The van der Waals surface area contributed by atoms with Gasteiger partial charge in [0.2, 0.25) is 0 Å². The lowest BCUT2D eigenvalue weighted by atomic mass is 10.2. The molecule has 0 aliphatic carbocycles. The topological polar surface area (TPSA) is 85.2 Å². The van der Waals surface area contributed by atoms with Crippen LogP contribution in [0, 0.1) is 11.3 Å². The molecule has 2 rings (SSSR count). The molecule has 0 saturated heterocycles. The van der Waals surface area contributed by atoms with Crippen LogP contribution in [0.5, 0.6) is 5.75 Å². The smallest absolute Gasteiger partial charge is 0.416 e. The Morgan fingerprint density at radius 3 is 2.48 bits per heavy atom. The highest BCUT2D eigenvalue weighted by Crippen LogP contribution is 2.30. The van der Waals surface area contributed by atoms with Crippen LogP contribution in [0.4, 0.5) is 29.3 Å². The van der Waals surface area contributed by atoms with Crippen molar-refractivity contribution in [1.82, 2.24) is 0 Å². The summed E-state index contributed by atoms with van der Waals surface area (Å²) in [5.41, 5.74) is -0.721. The Labute approximate surface area is 129 Å². The van der Waals surface area contributed by atoms with Crippen molar-refractivity contribution in [2.24, 2.45) is 0 Å². The Kier molecular flexibility index (Phi) is 4.41. The summed E-state index contributed by atoms with van der Waals surface area (Å²) in [6, 6.07) is 8.95. The molecule has 2 aromatic carbocycles. The van der Waals surface area contributed by atoms with Crippen LogP contribution in [0.3, 0.4) is 0 Å². The SMILES string of the molecule is N#Cc1ccc(NC(=O)Nc2cccc(C(F)(F)F)c2)c(O)c1. The summed E-state index contributed by atoms with van der Waals surface area (Å²) in [4.78, 5) is 11.8. The number of phenolic OH excluding ortho intramolecular Hbond substituents is 1. The highest BCUT2D eigenvalue weighted by molar-refractivity contribution is 6.00. The molecule has 118 valence electrons. The van der Waals surface area contributed by atoms with Crippen LogP contribution in [0.25, 0.3) is 0 Å². The molecule has 0 spiro atoms. The summed E-state index contributed by atoms with van der Waals surface area (Å²) < 4.78 is 37.8. The number of hydrogen-bond acceptors (Lipinski definition) is 3. The summed E-state index contributed by atoms with van der Waals surface area (Å²) in [6.45, 7) is 0. The van der Waals surface area contributed by atoms with Crippen LogP contribution in [0.2, 0.25) is 0 Å². The Hall–Kier alpha value is -3.21. The second-order valence-corrected chi connectivity index (χ2v) is 4.50. The minimum atomic E-state index is -4.51. The Morgan fingerprint density at radius 2 is 1.87 bits per heavy atom. The van der Waals surface area contributed by atoms with Gasteiger partial charge in [0, 0.05) is 5.69 Å². The second-order valence-electron chi connectivity index (χ2n) is 4.50. The molecule has 0 unspecified atom stereocenters. The van der Waals surface area contributed by atoms with Gasteiger partial charge < -0.3 is 15.7 Å². The molecule has 0 fully saturated rings. The maximum Gasteiger partial charge on any atom is 0.416 e. The molecule has 0 heterocycles. The molecule has 2 amide bonds. The lowest BCUT2D eigenvalue weighted by Gasteiger charge is -2.11. The van der Waals surface area contributed by atoms with E-state index in [1.165, 1.54) is 18.2 Å². The Morgan fingerprint density at radius 1 is 1.13 bits per heavy atom. The number of rotatable bonds is 2. The van der Waals surface area contributed by atoms with Gasteiger partial charge >= 0.3 is 12.2 Å². The lowest BCUT2D eigenvalue weighted by Crippen LogP contribution is -2.19. The number of urea groups is 1. The van der Waals surface area contributed by atoms with E-state index < -0.39 is 17.8 Å². The summed E-state index contributed by atoms with van der Waals surface area (Å²) in [5, 5.41) is 22.8. The van der Waals surface area contributed by atoms with E-state index in [4.69, 9.17) is 5.26 Å². The van der Waals surface area contributed by atoms with Crippen LogP contribution < -0.4 is 10.6 Å². The predicted octanol–water partition coefficient (Wildman–Crippen LogP) is 3.93. The van der Waals surface area contributed by atoms with Crippen molar-refractivity contribution in [2.75, 3.05) is 10.6 Å². The number of nitrogens with zero attached hydrogens (tertiary/aromatic N) is 1. The van der Waals surface area contributed by atoms with Gasteiger partial charge in [-0.2, -0.15) is 18.4 Å². The number of carbonyl (C=O) groups excluding carboxylic acids is 1. The molecule has 2 aromatic rings. The molecule has 0 aliphatic heterocycles. The van der Waals surface area contributed by atoms with E-state index in [0.29, 0.717) is 0 Å². The van der Waals surface area contributed by atoms with Gasteiger partial charge in [-0.3, -0.25) is 0 Å². The van der Waals surface area contributed by atoms with E-state index in [1.54, 1.807) is 0 Å². The number of aromatic hydroxyl groups is 1. The van der Waals surface area contributed by atoms with Crippen LogP contribution in [0.1, 0.15) is 11.1 Å². The number of anilines is 2. The van der Waals surface area contributed by atoms with Gasteiger partial charge in [-0.15, -0.1) is 0 Å². The molecule has 0 aromatic heterocycles. The molecular formula is C15H10F3N3O2. The Balaban J connectivity index is 2.10. The van der Waals surface area contributed by atoms with Gasteiger partial charge in [-0.1, -0.05) is 6.07 Å². The number of carbonyl (C=O) groups is 1. The van der Waals surface area contributed by atoms with Crippen LogP contribution in [0.15, 0.2) is 42.5 Å². The first-order valence-corrected chi connectivity index (χ1v) is 6.28. The standard InChI is InChI=1S/C15H10F3N3O2/c16-15(17,18)10-2-1-3-11(7-10)20-14(23)21-12-5-4-9(8-19)6-13(12)22/h1-7,22H,(H2,20,21,23). The number of alkyl halides is 3. The van der Waals surface area contributed by atoms with Crippen molar-refractivity contribution in [3.05, 3.63) is 53.6 Å². The van der Waals surface area contributed by atoms with Gasteiger partial charge in [0.1, 0.15) is 5.75 Å². The highest BCUT2D eigenvalue weighted by atomic mass is 19.4. The lowest BCUT2D eigenvalue weighted by molar-refractivity contribution is -0.137. The first kappa shape index (κ1) is 16.2. The molecule has 0 atom stereocenters. The van der Waals surface area contributed by atoms with Crippen LogP contribution >= 0.6 is 0 Å². The molecular weight excluding hydrogens is 311 g/mol.